The van der Waals surface area contributed by atoms with Crippen molar-refractivity contribution >= 4 is 23.6 Å². The molecule has 0 bridgehead atoms. The number of carbonyl (C=O) groups excluding carboxylic acids is 4. The molecule has 1 unspecified atom stereocenters. The van der Waals surface area contributed by atoms with Gasteiger partial charge < -0.3 is 10.6 Å². The lowest BCUT2D eigenvalue weighted by molar-refractivity contribution is -0.136. The second kappa shape index (κ2) is 7.44. The molecule has 1 aromatic carbocycles. The molecule has 28 heavy (non-hydrogen) atoms. The van der Waals surface area contributed by atoms with Crippen LogP contribution in [-0.4, -0.2) is 53.2 Å². The monoisotopic (exact) mass is 384 g/mol. The van der Waals surface area contributed by atoms with E-state index in [4.69, 9.17) is 0 Å². The van der Waals surface area contributed by atoms with Gasteiger partial charge in [-0.15, -0.1) is 0 Å². The summed E-state index contributed by atoms with van der Waals surface area (Å²) in [6.45, 7) is 3.76. The SMILES string of the molecule is C[C@@H]1C[C@@H](NCc2ccc3c(c2)C(=O)N(C2CCC(=O)NC2=O)C3=O)CCN1. The maximum absolute atomic E-state index is 12.8. The van der Waals surface area contributed by atoms with Gasteiger partial charge in [0.15, 0.2) is 0 Å². The molecule has 0 spiro atoms. The number of carbonyl (C=O) groups is 4. The Morgan fingerprint density at radius 1 is 1.11 bits per heavy atom. The number of fused-ring (bicyclic) bond motifs is 1. The molecule has 0 aromatic heterocycles. The largest absolute Gasteiger partial charge is 0.314 e. The number of amides is 4. The van der Waals surface area contributed by atoms with Crippen molar-refractivity contribution in [2.45, 2.75) is 57.3 Å². The van der Waals surface area contributed by atoms with Crippen LogP contribution in [0.2, 0.25) is 0 Å². The predicted octanol–water partition coefficient (Wildman–Crippen LogP) is 0.318. The van der Waals surface area contributed by atoms with Gasteiger partial charge in [0, 0.05) is 25.0 Å². The fraction of sp³-hybridized carbons (Fsp3) is 0.500. The van der Waals surface area contributed by atoms with Crippen molar-refractivity contribution in [2.24, 2.45) is 0 Å². The minimum absolute atomic E-state index is 0.119. The number of hydrogen-bond donors (Lipinski definition) is 3. The zero-order valence-corrected chi connectivity index (χ0v) is 15.8. The van der Waals surface area contributed by atoms with E-state index in [1.54, 1.807) is 12.1 Å². The van der Waals surface area contributed by atoms with Crippen LogP contribution < -0.4 is 16.0 Å². The summed E-state index contributed by atoms with van der Waals surface area (Å²) < 4.78 is 0. The molecule has 0 aliphatic carbocycles. The normalized spacial score (nSPS) is 27.8. The van der Waals surface area contributed by atoms with Crippen LogP contribution in [-0.2, 0) is 16.1 Å². The zero-order valence-electron chi connectivity index (χ0n) is 15.8. The Bertz CT molecular complexity index is 853. The topological polar surface area (TPSA) is 108 Å². The third kappa shape index (κ3) is 3.45. The average molecular weight is 384 g/mol. The molecule has 8 nitrogen and oxygen atoms in total. The molecule has 2 fully saturated rings. The third-order valence-electron chi connectivity index (χ3n) is 5.72. The molecule has 8 heteroatoms. The quantitative estimate of drug-likeness (QED) is 0.646. The second-order valence-electron chi connectivity index (χ2n) is 7.78. The van der Waals surface area contributed by atoms with Crippen LogP contribution in [0.4, 0.5) is 0 Å². The Morgan fingerprint density at radius 3 is 2.64 bits per heavy atom. The van der Waals surface area contributed by atoms with E-state index < -0.39 is 23.8 Å². The van der Waals surface area contributed by atoms with Gasteiger partial charge in [-0.1, -0.05) is 6.07 Å². The van der Waals surface area contributed by atoms with Crippen molar-refractivity contribution in [3.8, 4) is 0 Å². The Morgan fingerprint density at radius 2 is 1.89 bits per heavy atom. The maximum atomic E-state index is 12.8. The minimum Gasteiger partial charge on any atom is -0.314 e. The van der Waals surface area contributed by atoms with Crippen molar-refractivity contribution in [1.82, 2.24) is 20.9 Å². The number of benzene rings is 1. The molecule has 3 N–H and O–H groups in total. The molecule has 1 aromatic rings. The number of nitrogens with zero attached hydrogens (tertiary/aromatic N) is 1. The van der Waals surface area contributed by atoms with Crippen molar-refractivity contribution < 1.29 is 19.2 Å². The van der Waals surface area contributed by atoms with E-state index in [1.807, 2.05) is 6.07 Å². The number of rotatable bonds is 4. The van der Waals surface area contributed by atoms with Crippen LogP contribution in [0, 0.1) is 0 Å². The van der Waals surface area contributed by atoms with Crippen molar-refractivity contribution in [1.29, 1.82) is 0 Å². The summed E-state index contributed by atoms with van der Waals surface area (Å²) in [5.74, 6) is -1.90. The highest BCUT2D eigenvalue weighted by atomic mass is 16.2. The summed E-state index contributed by atoms with van der Waals surface area (Å²) in [5, 5.41) is 9.14. The lowest BCUT2D eigenvalue weighted by atomic mass is 10.00. The van der Waals surface area contributed by atoms with Gasteiger partial charge in [0.05, 0.1) is 11.1 Å². The van der Waals surface area contributed by atoms with Gasteiger partial charge >= 0.3 is 0 Å². The highest BCUT2D eigenvalue weighted by Gasteiger charge is 2.44. The van der Waals surface area contributed by atoms with E-state index in [9.17, 15) is 19.2 Å². The Labute approximate surface area is 163 Å². The average Bonchev–Trinajstić information content (AvgIpc) is 2.91. The molecule has 3 heterocycles. The molecule has 0 radical (unpaired) electrons. The van der Waals surface area contributed by atoms with Crippen LogP contribution >= 0.6 is 0 Å². The first-order chi connectivity index (χ1) is 13.4. The van der Waals surface area contributed by atoms with Crippen molar-refractivity contribution in [2.75, 3.05) is 6.54 Å². The van der Waals surface area contributed by atoms with Gasteiger partial charge in [-0.25, -0.2) is 0 Å². The molecule has 3 aliphatic heterocycles. The van der Waals surface area contributed by atoms with Gasteiger partial charge in [-0.3, -0.25) is 29.4 Å². The second-order valence-corrected chi connectivity index (χ2v) is 7.78. The summed E-state index contributed by atoms with van der Waals surface area (Å²) in [4.78, 5) is 50.0. The Hall–Kier alpha value is -2.58. The molecular weight excluding hydrogens is 360 g/mol. The molecule has 4 amide bonds. The van der Waals surface area contributed by atoms with Crippen LogP contribution in [0.3, 0.4) is 0 Å². The molecule has 0 saturated carbocycles. The van der Waals surface area contributed by atoms with Crippen molar-refractivity contribution in [3.05, 3.63) is 34.9 Å². The third-order valence-corrected chi connectivity index (χ3v) is 5.72. The Balaban J connectivity index is 1.48. The van der Waals surface area contributed by atoms with Crippen LogP contribution in [0.1, 0.15) is 58.9 Å². The highest BCUT2D eigenvalue weighted by Crippen LogP contribution is 2.28. The van der Waals surface area contributed by atoms with E-state index in [0.717, 1.165) is 29.8 Å². The number of hydrogen-bond acceptors (Lipinski definition) is 6. The lowest BCUT2D eigenvalue weighted by Crippen LogP contribution is -2.54. The first kappa shape index (κ1) is 18.8. The smallest absolute Gasteiger partial charge is 0.262 e. The summed E-state index contributed by atoms with van der Waals surface area (Å²) in [6, 6.07) is 5.20. The summed E-state index contributed by atoms with van der Waals surface area (Å²) in [7, 11) is 0. The summed E-state index contributed by atoms with van der Waals surface area (Å²) >= 11 is 0. The molecule has 148 valence electrons. The van der Waals surface area contributed by atoms with Gasteiger partial charge in [-0.2, -0.15) is 0 Å². The Kier molecular flexibility index (Phi) is 4.99. The highest BCUT2D eigenvalue weighted by molar-refractivity contribution is 6.23. The number of piperidine rings is 2. The molecule has 3 atom stereocenters. The molecular formula is C20H24N4O4. The number of nitrogens with one attached hydrogen (secondary N) is 3. The van der Waals surface area contributed by atoms with Crippen molar-refractivity contribution in [3.63, 3.8) is 0 Å². The van der Waals surface area contributed by atoms with E-state index in [1.165, 1.54) is 0 Å². The zero-order chi connectivity index (χ0) is 19.8. The van der Waals surface area contributed by atoms with E-state index in [2.05, 4.69) is 22.9 Å². The predicted molar refractivity (Wildman–Crippen MR) is 100 cm³/mol. The van der Waals surface area contributed by atoms with E-state index >= 15 is 0 Å². The fourth-order valence-corrected chi connectivity index (χ4v) is 4.21. The molecule has 3 aliphatic rings. The van der Waals surface area contributed by atoms with Crippen LogP contribution in [0.25, 0.3) is 0 Å². The van der Waals surface area contributed by atoms with Gasteiger partial charge in [0.1, 0.15) is 6.04 Å². The van der Waals surface area contributed by atoms with Gasteiger partial charge in [0.2, 0.25) is 11.8 Å². The summed E-state index contributed by atoms with van der Waals surface area (Å²) in [6.07, 6.45) is 2.38. The summed E-state index contributed by atoms with van der Waals surface area (Å²) in [5.41, 5.74) is 1.57. The lowest BCUT2D eigenvalue weighted by Gasteiger charge is -2.28. The van der Waals surface area contributed by atoms with E-state index in [-0.39, 0.29) is 18.7 Å². The number of imide groups is 2. The fourth-order valence-electron chi connectivity index (χ4n) is 4.21. The first-order valence-corrected chi connectivity index (χ1v) is 9.75. The first-order valence-electron chi connectivity index (χ1n) is 9.75. The van der Waals surface area contributed by atoms with E-state index in [0.29, 0.717) is 29.8 Å². The van der Waals surface area contributed by atoms with Crippen LogP contribution in [0.5, 0.6) is 0 Å². The molecule has 4 rings (SSSR count). The minimum atomic E-state index is -0.928. The maximum Gasteiger partial charge on any atom is 0.262 e. The molecule has 2 saturated heterocycles. The van der Waals surface area contributed by atoms with Gasteiger partial charge in [0.25, 0.3) is 11.8 Å². The standard InChI is InChI=1S/C20H24N4O4/c1-11-8-13(6-7-21-11)22-10-12-2-3-14-15(9-12)20(28)24(19(14)27)16-4-5-17(25)23-18(16)26/h2-3,9,11,13,16,21-22H,4-8,10H2,1H3,(H,23,25,26)/t11-,13+,16?/m1/s1. The van der Waals surface area contributed by atoms with Gasteiger partial charge in [-0.05, 0) is 50.4 Å². The van der Waals surface area contributed by atoms with Crippen LogP contribution in [0.15, 0.2) is 18.2 Å².